The lowest BCUT2D eigenvalue weighted by molar-refractivity contribution is -0.389. The van der Waals surface area contributed by atoms with Crippen LogP contribution < -0.4 is 5.32 Å². The highest BCUT2D eigenvalue weighted by atomic mass is 79.9. The average Bonchev–Trinajstić information content (AvgIpc) is 2.50. The predicted octanol–water partition coefficient (Wildman–Crippen LogP) is 4.69. The van der Waals surface area contributed by atoms with E-state index in [4.69, 9.17) is 23.2 Å². The van der Waals surface area contributed by atoms with Gasteiger partial charge < -0.3 is 15.4 Å². The lowest BCUT2D eigenvalue weighted by Crippen LogP contribution is -2.27. The number of aromatic nitrogens is 1. The van der Waals surface area contributed by atoms with Gasteiger partial charge in [-0.15, -0.1) is 0 Å². The monoisotopic (exact) mass is 435 g/mol. The Balaban J connectivity index is 2.28. The molecule has 1 aromatic heterocycles. The third-order valence-corrected chi connectivity index (χ3v) is 4.38. The Morgan fingerprint density at radius 1 is 1.38 bits per heavy atom. The molecule has 0 saturated carbocycles. The molecule has 0 fully saturated rings. The molecule has 24 heavy (non-hydrogen) atoms. The molecular formula is C14H9BrCl2FN3O3. The standard InChI is InChI=1S/C14H9BrCl2FN3O3/c1-6(7-2-12(18)11(17)4-10(7)16)20-14(22)8-3-13(21(23)24)19-5-9(8)15/h2-6H,1H3,(H,20,22)/t6-/m1/s1. The maximum absolute atomic E-state index is 13.6. The smallest absolute Gasteiger partial charge is 0.358 e. The van der Waals surface area contributed by atoms with Crippen LogP contribution >= 0.6 is 39.1 Å². The summed E-state index contributed by atoms with van der Waals surface area (Å²) in [5.74, 6) is -1.74. The van der Waals surface area contributed by atoms with Crippen LogP contribution in [0.4, 0.5) is 10.2 Å². The Morgan fingerprint density at radius 2 is 2.04 bits per heavy atom. The van der Waals surface area contributed by atoms with Gasteiger partial charge in [0, 0.05) is 11.1 Å². The van der Waals surface area contributed by atoms with Crippen molar-refractivity contribution in [2.75, 3.05) is 0 Å². The van der Waals surface area contributed by atoms with Crippen LogP contribution in [0.5, 0.6) is 0 Å². The number of benzene rings is 1. The second-order valence-electron chi connectivity index (χ2n) is 4.76. The van der Waals surface area contributed by atoms with E-state index in [0.717, 1.165) is 18.3 Å². The van der Waals surface area contributed by atoms with Crippen LogP contribution in [-0.2, 0) is 0 Å². The van der Waals surface area contributed by atoms with Gasteiger partial charge in [-0.1, -0.05) is 23.2 Å². The fourth-order valence-corrected chi connectivity index (χ4v) is 2.87. The van der Waals surface area contributed by atoms with Crippen molar-refractivity contribution in [3.05, 3.63) is 66.0 Å². The largest absolute Gasteiger partial charge is 0.364 e. The number of halogens is 4. The minimum absolute atomic E-state index is 0.0223. The Labute approximate surface area is 154 Å². The van der Waals surface area contributed by atoms with Crippen molar-refractivity contribution in [1.29, 1.82) is 0 Å². The van der Waals surface area contributed by atoms with Gasteiger partial charge in [-0.2, -0.15) is 0 Å². The highest BCUT2D eigenvalue weighted by Crippen LogP contribution is 2.29. The first-order valence-corrected chi connectivity index (χ1v) is 8.00. The van der Waals surface area contributed by atoms with Gasteiger partial charge in [0.15, 0.2) is 6.20 Å². The Kier molecular flexibility index (Phi) is 5.74. The van der Waals surface area contributed by atoms with Crippen LogP contribution in [0.1, 0.15) is 28.9 Å². The molecule has 0 unspecified atom stereocenters. The molecule has 2 rings (SSSR count). The molecular weight excluding hydrogens is 428 g/mol. The minimum Gasteiger partial charge on any atom is -0.358 e. The lowest BCUT2D eigenvalue weighted by Gasteiger charge is -2.16. The number of carbonyl (C=O) groups is 1. The molecule has 1 amide bonds. The summed E-state index contributed by atoms with van der Waals surface area (Å²) in [6, 6.07) is 2.75. The predicted molar refractivity (Wildman–Crippen MR) is 90.9 cm³/mol. The first-order valence-electron chi connectivity index (χ1n) is 6.46. The van der Waals surface area contributed by atoms with Crippen LogP contribution in [0.25, 0.3) is 0 Å². The molecule has 2 aromatic rings. The molecule has 10 heteroatoms. The first kappa shape index (κ1) is 18.6. The molecule has 0 spiro atoms. The quantitative estimate of drug-likeness (QED) is 0.428. The topological polar surface area (TPSA) is 85.1 Å². The van der Waals surface area contributed by atoms with Crippen molar-refractivity contribution >= 4 is 50.9 Å². The highest BCUT2D eigenvalue weighted by Gasteiger charge is 2.21. The van der Waals surface area contributed by atoms with Gasteiger partial charge in [-0.05, 0) is 50.5 Å². The summed E-state index contributed by atoms with van der Waals surface area (Å²) in [6.07, 6.45) is 1.16. The number of hydrogen-bond acceptors (Lipinski definition) is 4. The summed E-state index contributed by atoms with van der Waals surface area (Å²) in [5, 5.41) is 13.4. The summed E-state index contributed by atoms with van der Waals surface area (Å²) >= 11 is 14.8. The molecule has 1 atom stereocenters. The van der Waals surface area contributed by atoms with Crippen LogP contribution in [0.2, 0.25) is 10.0 Å². The Bertz CT molecular complexity index is 835. The van der Waals surface area contributed by atoms with Crippen molar-refractivity contribution in [2.45, 2.75) is 13.0 Å². The van der Waals surface area contributed by atoms with Gasteiger partial charge in [-0.25, -0.2) is 4.39 Å². The molecule has 1 heterocycles. The summed E-state index contributed by atoms with van der Waals surface area (Å²) in [6.45, 7) is 1.59. The molecule has 6 nitrogen and oxygen atoms in total. The number of hydrogen-bond donors (Lipinski definition) is 1. The zero-order chi connectivity index (χ0) is 18.0. The fourth-order valence-electron chi connectivity index (χ4n) is 1.92. The minimum atomic E-state index is -0.710. The van der Waals surface area contributed by atoms with Gasteiger partial charge >= 0.3 is 5.82 Å². The molecule has 1 aromatic carbocycles. The van der Waals surface area contributed by atoms with Gasteiger partial charge in [0.25, 0.3) is 5.91 Å². The zero-order valence-electron chi connectivity index (χ0n) is 12.0. The molecule has 0 saturated heterocycles. The summed E-state index contributed by atoms with van der Waals surface area (Å²) < 4.78 is 13.9. The van der Waals surface area contributed by atoms with Crippen LogP contribution in [0.15, 0.2) is 28.9 Å². The van der Waals surface area contributed by atoms with E-state index >= 15 is 0 Å². The van der Waals surface area contributed by atoms with E-state index in [1.54, 1.807) is 6.92 Å². The third-order valence-electron chi connectivity index (χ3n) is 3.13. The summed E-state index contributed by atoms with van der Waals surface area (Å²) in [7, 11) is 0. The molecule has 0 aliphatic rings. The van der Waals surface area contributed by atoms with Gasteiger partial charge in [0.05, 0.1) is 21.1 Å². The third kappa shape index (κ3) is 4.00. The van der Waals surface area contributed by atoms with Crippen LogP contribution in [0.3, 0.4) is 0 Å². The van der Waals surface area contributed by atoms with E-state index in [9.17, 15) is 19.3 Å². The van der Waals surface area contributed by atoms with Crippen molar-refractivity contribution in [3.8, 4) is 0 Å². The lowest BCUT2D eigenvalue weighted by atomic mass is 10.1. The molecule has 126 valence electrons. The van der Waals surface area contributed by atoms with E-state index in [-0.39, 0.29) is 20.1 Å². The average molecular weight is 437 g/mol. The van der Waals surface area contributed by atoms with Gasteiger partial charge in [0.2, 0.25) is 0 Å². The number of nitrogens with one attached hydrogen (secondary N) is 1. The molecule has 0 aliphatic heterocycles. The summed E-state index contributed by atoms with van der Waals surface area (Å²) in [4.78, 5) is 26.0. The number of rotatable bonds is 4. The fraction of sp³-hybridized carbons (Fsp3) is 0.143. The first-order chi connectivity index (χ1) is 11.2. The van der Waals surface area contributed by atoms with Crippen LogP contribution in [-0.4, -0.2) is 15.8 Å². The maximum atomic E-state index is 13.6. The number of carbonyl (C=O) groups excluding carboxylic acids is 1. The van der Waals surface area contributed by atoms with E-state index < -0.39 is 28.5 Å². The van der Waals surface area contributed by atoms with Crippen molar-refractivity contribution < 1.29 is 14.1 Å². The molecule has 1 N–H and O–H groups in total. The van der Waals surface area contributed by atoms with Gasteiger partial charge in [0.1, 0.15) is 5.82 Å². The number of pyridine rings is 1. The molecule has 0 bridgehead atoms. The summed E-state index contributed by atoms with van der Waals surface area (Å²) in [5.41, 5.74) is 0.348. The Morgan fingerprint density at radius 3 is 2.67 bits per heavy atom. The van der Waals surface area contributed by atoms with Crippen molar-refractivity contribution in [1.82, 2.24) is 10.3 Å². The van der Waals surface area contributed by atoms with Crippen molar-refractivity contribution in [3.63, 3.8) is 0 Å². The highest BCUT2D eigenvalue weighted by molar-refractivity contribution is 9.10. The van der Waals surface area contributed by atoms with E-state index in [0.29, 0.717) is 5.56 Å². The van der Waals surface area contributed by atoms with E-state index in [2.05, 4.69) is 26.2 Å². The van der Waals surface area contributed by atoms with Crippen LogP contribution in [0, 0.1) is 15.9 Å². The zero-order valence-corrected chi connectivity index (χ0v) is 15.1. The van der Waals surface area contributed by atoms with Gasteiger partial charge in [-0.3, -0.25) is 4.79 Å². The number of nitrogens with zero attached hydrogens (tertiary/aromatic N) is 2. The SMILES string of the molecule is C[C@@H](NC(=O)c1cc([N+](=O)[O-])ncc1Br)c1cc(F)c(Cl)cc1Cl. The van der Waals surface area contributed by atoms with Crippen molar-refractivity contribution in [2.24, 2.45) is 0 Å². The van der Waals surface area contributed by atoms with E-state index in [1.807, 2.05) is 0 Å². The second kappa shape index (κ2) is 7.42. The number of nitro groups is 1. The second-order valence-corrected chi connectivity index (χ2v) is 6.43. The normalized spacial score (nSPS) is 11.9. The Hall–Kier alpha value is -1.77. The van der Waals surface area contributed by atoms with E-state index in [1.165, 1.54) is 6.07 Å². The maximum Gasteiger partial charge on any atom is 0.364 e. The molecule has 0 radical (unpaired) electrons. The molecule has 0 aliphatic carbocycles. The number of amides is 1.